The number of methoxy groups -OCH3 is 1. The van der Waals surface area contributed by atoms with Gasteiger partial charge in [-0.15, -0.1) is 0 Å². The van der Waals surface area contributed by atoms with Gasteiger partial charge in [0, 0.05) is 38.3 Å². The standard InChI is InChI=1S/C16H29N5O2/c1-10(2)20-8-13(14(9-20)23-6)17-16(22)18-15-7-12(5)19-21(15)11(3)4/h7,10-11,13-14H,8-9H2,1-6H3,(H2,17,18,22)/t13-,14-/m1/s1. The van der Waals surface area contributed by atoms with Crippen LogP contribution in [-0.2, 0) is 4.74 Å². The zero-order valence-electron chi connectivity index (χ0n) is 15.0. The van der Waals surface area contributed by atoms with E-state index in [2.05, 4.69) is 34.5 Å². The molecule has 23 heavy (non-hydrogen) atoms. The van der Waals surface area contributed by atoms with Crippen molar-refractivity contribution in [2.24, 2.45) is 0 Å². The molecule has 1 aliphatic heterocycles. The average Bonchev–Trinajstić information content (AvgIpc) is 3.02. The van der Waals surface area contributed by atoms with E-state index in [0.717, 1.165) is 18.8 Å². The van der Waals surface area contributed by atoms with E-state index in [1.165, 1.54) is 0 Å². The molecule has 0 aliphatic carbocycles. The van der Waals surface area contributed by atoms with Crippen molar-refractivity contribution < 1.29 is 9.53 Å². The van der Waals surface area contributed by atoms with E-state index in [1.807, 2.05) is 31.5 Å². The van der Waals surface area contributed by atoms with Gasteiger partial charge in [-0.2, -0.15) is 5.10 Å². The van der Waals surface area contributed by atoms with Gasteiger partial charge in [-0.05, 0) is 34.6 Å². The van der Waals surface area contributed by atoms with Crippen LogP contribution in [-0.4, -0.2) is 59.1 Å². The number of nitrogens with zero attached hydrogens (tertiary/aromatic N) is 3. The lowest BCUT2D eigenvalue weighted by atomic mass is 10.2. The fraction of sp³-hybridized carbons (Fsp3) is 0.750. The molecule has 1 aromatic heterocycles. The molecule has 1 saturated heterocycles. The lowest BCUT2D eigenvalue weighted by molar-refractivity contribution is 0.0896. The summed E-state index contributed by atoms with van der Waals surface area (Å²) in [4.78, 5) is 14.7. The molecule has 2 N–H and O–H groups in total. The first-order valence-corrected chi connectivity index (χ1v) is 8.22. The third-order valence-electron chi connectivity index (χ3n) is 4.23. The minimum Gasteiger partial charge on any atom is -0.378 e. The van der Waals surface area contributed by atoms with Gasteiger partial charge < -0.3 is 10.1 Å². The summed E-state index contributed by atoms with van der Waals surface area (Å²) in [6.07, 6.45) is 0.0138. The van der Waals surface area contributed by atoms with Crippen molar-refractivity contribution in [3.63, 3.8) is 0 Å². The molecule has 2 heterocycles. The predicted molar refractivity (Wildman–Crippen MR) is 90.8 cm³/mol. The maximum Gasteiger partial charge on any atom is 0.320 e. The zero-order chi connectivity index (χ0) is 17.1. The molecule has 2 amide bonds. The Morgan fingerprint density at radius 2 is 2.00 bits per heavy atom. The molecule has 0 radical (unpaired) electrons. The molecule has 7 heteroatoms. The van der Waals surface area contributed by atoms with Gasteiger partial charge in [0.1, 0.15) is 5.82 Å². The van der Waals surface area contributed by atoms with Gasteiger partial charge in [-0.25, -0.2) is 9.48 Å². The molecule has 0 unspecified atom stereocenters. The lowest BCUT2D eigenvalue weighted by Gasteiger charge is -2.20. The largest absolute Gasteiger partial charge is 0.378 e. The Morgan fingerprint density at radius 1 is 1.30 bits per heavy atom. The van der Waals surface area contributed by atoms with Gasteiger partial charge in [0.15, 0.2) is 0 Å². The van der Waals surface area contributed by atoms with Gasteiger partial charge in [0.2, 0.25) is 0 Å². The van der Waals surface area contributed by atoms with Crippen molar-refractivity contribution in [1.29, 1.82) is 0 Å². The molecule has 0 bridgehead atoms. The van der Waals surface area contributed by atoms with Crippen LogP contribution in [0.2, 0.25) is 0 Å². The Hall–Kier alpha value is -1.60. The van der Waals surface area contributed by atoms with Crippen molar-refractivity contribution in [2.45, 2.75) is 58.8 Å². The topological polar surface area (TPSA) is 71.4 Å². The van der Waals surface area contributed by atoms with E-state index in [-0.39, 0.29) is 24.2 Å². The molecule has 0 saturated carbocycles. The fourth-order valence-corrected chi connectivity index (χ4v) is 2.93. The van der Waals surface area contributed by atoms with Crippen LogP contribution in [0.1, 0.15) is 39.4 Å². The van der Waals surface area contributed by atoms with Gasteiger partial charge >= 0.3 is 6.03 Å². The van der Waals surface area contributed by atoms with Crippen LogP contribution >= 0.6 is 0 Å². The van der Waals surface area contributed by atoms with E-state index in [4.69, 9.17) is 4.74 Å². The summed E-state index contributed by atoms with van der Waals surface area (Å²) < 4.78 is 7.34. The van der Waals surface area contributed by atoms with Crippen LogP contribution in [0.4, 0.5) is 10.6 Å². The average molecular weight is 323 g/mol. The van der Waals surface area contributed by atoms with Gasteiger partial charge in [0.25, 0.3) is 0 Å². The van der Waals surface area contributed by atoms with E-state index in [9.17, 15) is 4.79 Å². The second kappa shape index (κ2) is 7.31. The highest BCUT2D eigenvalue weighted by Gasteiger charge is 2.35. The maximum absolute atomic E-state index is 12.4. The number of carbonyl (C=O) groups excluding carboxylic acids is 1. The van der Waals surface area contributed by atoms with E-state index in [1.54, 1.807) is 7.11 Å². The Balaban J connectivity index is 1.99. The van der Waals surface area contributed by atoms with Crippen molar-refractivity contribution in [3.8, 4) is 0 Å². The number of amides is 2. The summed E-state index contributed by atoms with van der Waals surface area (Å²) in [5.74, 6) is 0.711. The summed E-state index contributed by atoms with van der Waals surface area (Å²) in [6, 6.07) is 2.27. The highest BCUT2D eigenvalue weighted by atomic mass is 16.5. The first-order chi connectivity index (χ1) is 10.8. The molecule has 0 spiro atoms. The number of aromatic nitrogens is 2. The Bertz CT molecular complexity index is 541. The zero-order valence-corrected chi connectivity index (χ0v) is 15.0. The van der Waals surface area contributed by atoms with Crippen molar-refractivity contribution in [2.75, 3.05) is 25.5 Å². The first kappa shape index (κ1) is 17.7. The number of carbonyl (C=O) groups is 1. The van der Waals surface area contributed by atoms with Gasteiger partial charge in [-0.1, -0.05) is 0 Å². The highest BCUT2D eigenvalue weighted by Crippen LogP contribution is 2.18. The summed E-state index contributed by atoms with van der Waals surface area (Å²) >= 11 is 0. The predicted octanol–water partition coefficient (Wildman–Crippen LogP) is 2.00. The number of ether oxygens (including phenoxy) is 1. The van der Waals surface area contributed by atoms with Crippen molar-refractivity contribution >= 4 is 11.8 Å². The van der Waals surface area contributed by atoms with Crippen molar-refractivity contribution in [1.82, 2.24) is 20.0 Å². The molecule has 2 atom stereocenters. The Morgan fingerprint density at radius 3 is 2.57 bits per heavy atom. The fourth-order valence-electron chi connectivity index (χ4n) is 2.93. The number of urea groups is 1. The summed E-state index contributed by atoms with van der Waals surface area (Å²) in [5.41, 5.74) is 0.885. The third kappa shape index (κ3) is 4.23. The molecular weight excluding hydrogens is 294 g/mol. The quantitative estimate of drug-likeness (QED) is 0.869. The van der Waals surface area contributed by atoms with Crippen LogP contribution in [0.25, 0.3) is 0 Å². The molecule has 0 aromatic carbocycles. The molecule has 1 fully saturated rings. The second-order valence-corrected chi connectivity index (χ2v) is 6.74. The Labute approximate surface area is 138 Å². The van der Waals surface area contributed by atoms with Gasteiger partial charge in [0.05, 0.1) is 17.8 Å². The normalized spacial score (nSPS) is 22.1. The highest BCUT2D eigenvalue weighted by molar-refractivity contribution is 5.88. The summed E-state index contributed by atoms with van der Waals surface area (Å²) in [7, 11) is 1.69. The lowest BCUT2D eigenvalue weighted by Crippen LogP contribution is -2.45. The van der Waals surface area contributed by atoms with Crippen molar-refractivity contribution in [3.05, 3.63) is 11.8 Å². The first-order valence-electron chi connectivity index (χ1n) is 8.22. The molecule has 130 valence electrons. The molecule has 7 nitrogen and oxygen atoms in total. The number of nitrogens with one attached hydrogen (secondary N) is 2. The number of aryl methyl sites for hydroxylation is 1. The van der Waals surface area contributed by atoms with Crippen LogP contribution in [0.5, 0.6) is 0 Å². The van der Waals surface area contributed by atoms with Crippen LogP contribution < -0.4 is 10.6 Å². The van der Waals surface area contributed by atoms with E-state index in [0.29, 0.717) is 11.9 Å². The van der Waals surface area contributed by atoms with Crippen LogP contribution in [0.3, 0.4) is 0 Å². The SMILES string of the molecule is CO[C@@H]1CN(C(C)C)C[C@H]1NC(=O)Nc1cc(C)nn1C(C)C. The number of likely N-dealkylation sites (tertiary alicyclic amines) is 1. The second-order valence-electron chi connectivity index (χ2n) is 6.74. The van der Waals surface area contributed by atoms with Crippen LogP contribution in [0.15, 0.2) is 6.07 Å². The summed E-state index contributed by atoms with van der Waals surface area (Å²) in [6.45, 7) is 11.9. The number of anilines is 1. The Kier molecular flexibility index (Phi) is 5.64. The molecule has 2 rings (SSSR count). The van der Waals surface area contributed by atoms with Gasteiger partial charge in [-0.3, -0.25) is 10.2 Å². The molecular formula is C16H29N5O2. The minimum absolute atomic E-state index is 0.0138. The summed E-state index contributed by atoms with van der Waals surface area (Å²) in [5, 5.41) is 10.3. The van der Waals surface area contributed by atoms with Crippen LogP contribution in [0, 0.1) is 6.92 Å². The number of hydrogen-bond acceptors (Lipinski definition) is 4. The molecule has 1 aliphatic rings. The number of hydrogen-bond donors (Lipinski definition) is 2. The maximum atomic E-state index is 12.4. The monoisotopic (exact) mass is 323 g/mol. The van der Waals surface area contributed by atoms with E-state index < -0.39 is 0 Å². The number of rotatable bonds is 5. The third-order valence-corrected chi connectivity index (χ3v) is 4.23. The molecule has 1 aromatic rings. The minimum atomic E-state index is -0.218. The smallest absolute Gasteiger partial charge is 0.320 e. The van der Waals surface area contributed by atoms with E-state index >= 15 is 0 Å².